The van der Waals surface area contributed by atoms with Crippen molar-refractivity contribution < 1.29 is 17.5 Å². The first kappa shape index (κ1) is 19.6. The van der Waals surface area contributed by atoms with Crippen molar-refractivity contribution in [3.8, 4) is 22.8 Å². The van der Waals surface area contributed by atoms with Crippen molar-refractivity contribution in [3.05, 3.63) is 85.1 Å². The van der Waals surface area contributed by atoms with E-state index in [2.05, 4.69) is 14.7 Å². The van der Waals surface area contributed by atoms with Gasteiger partial charge in [0.2, 0.25) is 0 Å². The molecule has 0 spiro atoms. The number of ether oxygens (including phenoxy) is 1. The molecule has 1 N–H and O–H groups in total. The molecule has 0 amide bonds. The molecule has 2 aromatic carbocycles. The van der Waals surface area contributed by atoms with Gasteiger partial charge in [-0.3, -0.25) is 4.72 Å². The lowest BCUT2D eigenvalue weighted by atomic mass is 10.1. The van der Waals surface area contributed by atoms with Gasteiger partial charge in [0, 0.05) is 18.8 Å². The van der Waals surface area contributed by atoms with E-state index in [4.69, 9.17) is 4.74 Å². The number of pyridine rings is 1. The quantitative estimate of drug-likeness (QED) is 0.501. The summed E-state index contributed by atoms with van der Waals surface area (Å²) in [6.45, 7) is 0. The second-order valence-electron chi connectivity index (χ2n) is 6.47. The van der Waals surface area contributed by atoms with Gasteiger partial charge in [0.05, 0.1) is 12.0 Å². The lowest BCUT2D eigenvalue weighted by Crippen LogP contribution is -2.14. The Bertz CT molecular complexity index is 1270. The molecule has 0 aliphatic rings. The molecule has 0 fully saturated rings. The van der Waals surface area contributed by atoms with Gasteiger partial charge < -0.3 is 9.30 Å². The van der Waals surface area contributed by atoms with E-state index in [1.807, 2.05) is 0 Å². The van der Waals surface area contributed by atoms with Crippen molar-refractivity contribution in [3.63, 3.8) is 0 Å². The Hall–Kier alpha value is -3.72. The van der Waals surface area contributed by atoms with Crippen LogP contribution in [0.5, 0.6) is 11.5 Å². The molecule has 2 heterocycles. The first-order valence-corrected chi connectivity index (χ1v) is 10.4. The summed E-state index contributed by atoms with van der Waals surface area (Å²) in [4.78, 5) is 8.24. The highest BCUT2D eigenvalue weighted by Crippen LogP contribution is 2.26. The van der Waals surface area contributed by atoms with E-state index in [0.29, 0.717) is 17.2 Å². The summed E-state index contributed by atoms with van der Waals surface area (Å²) in [5, 5.41) is -0.0838. The maximum Gasteiger partial charge on any atom is 0.282 e. The summed E-state index contributed by atoms with van der Waals surface area (Å²) in [7, 11) is -2.14. The van der Waals surface area contributed by atoms with Gasteiger partial charge in [0.25, 0.3) is 10.0 Å². The van der Waals surface area contributed by atoms with Crippen molar-refractivity contribution in [2.24, 2.45) is 7.05 Å². The lowest BCUT2D eigenvalue weighted by Gasteiger charge is -2.09. The Morgan fingerprint density at radius 3 is 2.27 bits per heavy atom. The highest BCUT2D eigenvalue weighted by molar-refractivity contribution is 7.92. The van der Waals surface area contributed by atoms with Crippen LogP contribution in [0.25, 0.3) is 11.3 Å². The third-order valence-corrected chi connectivity index (χ3v) is 5.38. The average Bonchev–Trinajstić information content (AvgIpc) is 3.18. The van der Waals surface area contributed by atoms with Crippen LogP contribution in [0.4, 0.5) is 10.2 Å². The third-order valence-electron chi connectivity index (χ3n) is 4.14. The largest absolute Gasteiger partial charge is 0.457 e. The van der Waals surface area contributed by atoms with E-state index < -0.39 is 10.0 Å². The molecule has 0 atom stereocenters. The molecular formula is C21H17FN4O3S. The summed E-state index contributed by atoms with van der Waals surface area (Å²) in [6, 6.07) is 17.9. The highest BCUT2D eigenvalue weighted by atomic mass is 32.2. The van der Waals surface area contributed by atoms with E-state index >= 15 is 0 Å². The molecule has 0 saturated carbocycles. The fraction of sp³-hybridized carbons (Fsp3) is 0.0476. The molecule has 30 heavy (non-hydrogen) atoms. The number of hydrogen-bond donors (Lipinski definition) is 1. The molecule has 0 aliphatic carbocycles. The zero-order valence-corrected chi connectivity index (χ0v) is 16.7. The van der Waals surface area contributed by atoms with Crippen LogP contribution < -0.4 is 9.46 Å². The van der Waals surface area contributed by atoms with E-state index in [1.54, 1.807) is 66.2 Å². The third kappa shape index (κ3) is 4.47. The number of benzene rings is 2. The maximum absolute atomic E-state index is 13.0. The maximum atomic E-state index is 13.0. The minimum atomic E-state index is -3.83. The topological polar surface area (TPSA) is 86.1 Å². The van der Waals surface area contributed by atoms with Gasteiger partial charge in [-0.2, -0.15) is 8.42 Å². The molecule has 0 unspecified atom stereocenters. The first-order chi connectivity index (χ1) is 14.4. The number of halogens is 1. The Morgan fingerprint density at radius 2 is 1.63 bits per heavy atom. The molecule has 0 aliphatic heterocycles. The summed E-state index contributed by atoms with van der Waals surface area (Å²) in [6.07, 6.45) is 2.82. The van der Waals surface area contributed by atoms with Crippen molar-refractivity contribution in [1.29, 1.82) is 0 Å². The Labute approximate surface area is 172 Å². The van der Waals surface area contributed by atoms with Gasteiger partial charge in [-0.05, 0) is 60.7 Å². The van der Waals surface area contributed by atoms with Crippen LogP contribution in [0.3, 0.4) is 0 Å². The summed E-state index contributed by atoms with van der Waals surface area (Å²) in [5.41, 5.74) is 1.37. The molecule has 4 rings (SSSR count). The standard InChI is InChI=1S/C21H17FN4O3S/c1-26-13-21(23-14-26)30(27,28)25-20-4-2-3-19(24-20)15-5-9-17(10-6-15)29-18-11-7-16(22)8-12-18/h2-14H,1H3,(H,24,25). The summed E-state index contributed by atoms with van der Waals surface area (Å²) in [5.74, 6) is 0.956. The van der Waals surface area contributed by atoms with Crippen LogP contribution in [0.2, 0.25) is 0 Å². The minimum absolute atomic E-state index is 0.0838. The number of hydrogen-bond acceptors (Lipinski definition) is 5. The smallest absolute Gasteiger partial charge is 0.282 e. The minimum Gasteiger partial charge on any atom is -0.457 e. The van der Waals surface area contributed by atoms with Gasteiger partial charge in [-0.1, -0.05) is 6.07 Å². The zero-order chi connectivity index (χ0) is 21.1. The van der Waals surface area contributed by atoms with Crippen LogP contribution >= 0.6 is 0 Å². The van der Waals surface area contributed by atoms with E-state index in [1.165, 1.54) is 24.7 Å². The van der Waals surface area contributed by atoms with Gasteiger partial charge in [0.15, 0.2) is 5.03 Å². The van der Waals surface area contributed by atoms with E-state index in [-0.39, 0.29) is 16.7 Å². The van der Waals surface area contributed by atoms with Crippen molar-refractivity contribution in [2.75, 3.05) is 4.72 Å². The molecule has 2 aromatic heterocycles. The Morgan fingerprint density at radius 1 is 0.967 bits per heavy atom. The fourth-order valence-electron chi connectivity index (χ4n) is 2.70. The molecule has 9 heteroatoms. The van der Waals surface area contributed by atoms with E-state index in [0.717, 1.165) is 5.56 Å². The van der Waals surface area contributed by atoms with Gasteiger partial charge in [0.1, 0.15) is 23.1 Å². The van der Waals surface area contributed by atoms with Crippen LogP contribution in [0, 0.1) is 5.82 Å². The normalized spacial score (nSPS) is 11.3. The van der Waals surface area contributed by atoms with Crippen molar-refractivity contribution >= 4 is 15.8 Å². The fourth-order valence-corrected chi connectivity index (χ4v) is 3.69. The SMILES string of the molecule is Cn1cnc(S(=O)(=O)Nc2cccc(-c3ccc(Oc4ccc(F)cc4)cc3)n2)c1. The predicted molar refractivity (Wildman–Crippen MR) is 110 cm³/mol. The van der Waals surface area contributed by atoms with Crippen LogP contribution in [0.15, 0.2) is 84.3 Å². The van der Waals surface area contributed by atoms with Crippen molar-refractivity contribution in [2.45, 2.75) is 5.03 Å². The first-order valence-electron chi connectivity index (χ1n) is 8.91. The molecule has 4 aromatic rings. The number of rotatable bonds is 6. The lowest BCUT2D eigenvalue weighted by molar-refractivity contribution is 0.480. The van der Waals surface area contributed by atoms with E-state index in [9.17, 15) is 12.8 Å². The number of aryl methyl sites for hydroxylation is 1. The molecule has 152 valence electrons. The molecule has 0 radical (unpaired) electrons. The Kier molecular flexibility index (Phi) is 5.20. The number of aromatic nitrogens is 3. The number of nitrogens with zero attached hydrogens (tertiary/aromatic N) is 3. The molecule has 7 nitrogen and oxygen atoms in total. The number of sulfonamides is 1. The average molecular weight is 424 g/mol. The summed E-state index contributed by atoms with van der Waals surface area (Å²) < 4.78 is 47.5. The second kappa shape index (κ2) is 7.96. The second-order valence-corrected chi connectivity index (χ2v) is 8.10. The summed E-state index contributed by atoms with van der Waals surface area (Å²) >= 11 is 0. The van der Waals surface area contributed by atoms with Crippen LogP contribution in [-0.4, -0.2) is 23.0 Å². The van der Waals surface area contributed by atoms with Gasteiger partial charge in [-0.25, -0.2) is 14.4 Å². The number of anilines is 1. The molecule has 0 bridgehead atoms. The van der Waals surface area contributed by atoms with Gasteiger partial charge >= 0.3 is 0 Å². The zero-order valence-electron chi connectivity index (χ0n) is 15.9. The molecular weight excluding hydrogens is 407 g/mol. The number of nitrogens with one attached hydrogen (secondary N) is 1. The monoisotopic (exact) mass is 424 g/mol. The highest BCUT2D eigenvalue weighted by Gasteiger charge is 2.18. The predicted octanol–water partition coefficient (Wildman–Crippen LogP) is 4.21. The Balaban J connectivity index is 1.51. The molecule has 0 saturated heterocycles. The van der Waals surface area contributed by atoms with Gasteiger partial charge in [-0.15, -0.1) is 0 Å². The number of imidazole rings is 1. The van der Waals surface area contributed by atoms with Crippen molar-refractivity contribution in [1.82, 2.24) is 14.5 Å². The van der Waals surface area contributed by atoms with Crippen LogP contribution in [0.1, 0.15) is 0 Å². The van der Waals surface area contributed by atoms with Crippen LogP contribution in [-0.2, 0) is 17.1 Å².